The third-order valence-corrected chi connectivity index (χ3v) is 3.91. The van der Waals surface area contributed by atoms with E-state index in [2.05, 4.69) is 10.5 Å². The van der Waals surface area contributed by atoms with Crippen molar-refractivity contribution in [2.24, 2.45) is 0 Å². The zero-order valence-corrected chi connectivity index (χ0v) is 14.5. The van der Waals surface area contributed by atoms with Crippen molar-refractivity contribution in [3.8, 4) is 0 Å². The molecule has 1 aromatic carbocycles. The van der Waals surface area contributed by atoms with Gasteiger partial charge in [0, 0.05) is 11.6 Å². The van der Waals surface area contributed by atoms with E-state index >= 15 is 0 Å². The molecule has 7 heteroatoms. The Morgan fingerprint density at radius 3 is 2.75 bits per heavy atom. The maximum atomic E-state index is 12.2. The summed E-state index contributed by atoms with van der Waals surface area (Å²) in [4.78, 5) is 24.3. The highest BCUT2D eigenvalue weighted by molar-refractivity contribution is 6.31. The number of carbonyl (C=O) groups is 2. The molecule has 0 spiro atoms. The summed E-state index contributed by atoms with van der Waals surface area (Å²) in [5.74, 6) is -0.651. The highest BCUT2D eigenvalue weighted by atomic mass is 35.5. The summed E-state index contributed by atoms with van der Waals surface area (Å²) in [7, 11) is 0. The standard InChI is InChI=1S/C17H19ClN2O4/c1-4-14-15(10(2)24-20-14)17(22)23-11(3)16(21)19-9-12-7-5-6-8-13(12)18/h5-8,11H,4,9H2,1-3H3,(H,19,21). The molecule has 0 saturated heterocycles. The lowest BCUT2D eigenvalue weighted by Gasteiger charge is -2.14. The molecule has 1 heterocycles. The van der Waals surface area contributed by atoms with E-state index in [4.69, 9.17) is 20.9 Å². The molecule has 0 aliphatic carbocycles. The summed E-state index contributed by atoms with van der Waals surface area (Å²) in [5.41, 5.74) is 1.58. The molecule has 0 bridgehead atoms. The number of carbonyl (C=O) groups excluding carboxylic acids is 2. The second-order valence-corrected chi connectivity index (χ2v) is 5.68. The van der Waals surface area contributed by atoms with Crippen LogP contribution in [0, 0.1) is 6.92 Å². The first kappa shape index (κ1) is 18.0. The van der Waals surface area contributed by atoms with Gasteiger partial charge in [-0.15, -0.1) is 0 Å². The van der Waals surface area contributed by atoms with Crippen molar-refractivity contribution < 1.29 is 18.8 Å². The number of hydrogen-bond acceptors (Lipinski definition) is 5. The molecule has 0 saturated carbocycles. The predicted molar refractivity (Wildman–Crippen MR) is 88.8 cm³/mol. The number of hydrogen-bond donors (Lipinski definition) is 1. The quantitative estimate of drug-likeness (QED) is 0.810. The van der Waals surface area contributed by atoms with Crippen molar-refractivity contribution in [2.45, 2.75) is 39.8 Å². The molecule has 2 rings (SSSR count). The van der Waals surface area contributed by atoms with Crippen LogP contribution < -0.4 is 5.32 Å². The second kappa shape index (κ2) is 7.97. The first-order chi connectivity index (χ1) is 11.4. The number of esters is 1. The van der Waals surface area contributed by atoms with Gasteiger partial charge in [-0.25, -0.2) is 4.79 Å². The fourth-order valence-corrected chi connectivity index (χ4v) is 2.36. The topological polar surface area (TPSA) is 81.4 Å². The van der Waals surface area contributed by atoms with Gasteiger partial charge in [-0.3, -0.25) is 4.79 Å². The van der Waals surface area contributed by atoms with Gasteiger partial charge < -0.3 is 14.6 Å². The molecule has 2 aromatic rings. The summed E-state index contributed by atoms with van der Waals surface area (Å²) in [6, 6.07) is 7.20. The van der Waals surface area contributed by atoms with Gasteiger partial charge in [0.1, 0.15) is 11.3 Å². The Kier molecular flexibility index (Phi) is 5.98. The first-order valence-corrected chi connectivity index (χ1v) is 7.99. The maximum Gasteiger partial charge on any atom is 0.344 e. The lowest BCUT2D eigenvalue weighted by molar-refractivity contribution is -0.129. The lowest BCUT2D eigenvalue weighted by Crippen LogP contribution is -2.35. The van der Waals surface area contributed by atoms with E-state index < -0.39 is 18.0 Å². The molecule has 128 valence electrons. The number of halogens is 1. The fourth-order valence-electron chi connectivity index (χ4n) is 2.16. The number of aryl methyl sites for hydroxylation is 2. The number of rotatable bonds is 6. The van der Waals surface area contributed by atoms with Crippen molar-refractivity contribution >= 4 is 23.5 Å². The molecule has 1 amide bonds. The van der Waals surface area contributed by atoms with Crippen LogP contribution in [0.3, 0.4) is 0 Å². The van der Waals surface area contributed by atoms with Crippen LogP contribution in [-0.2, 0) is 22.5 Å². The zero-order chi connectivity index (χ0) is 17.7. The predicted octanol–water partition coefficient (Wildman–Crippen LogP) is 3.06. The van der Waals surface area contributed by atoms with E-state index in [1.165, 1.54) is 6.92 Å². The lowest BCUT2D eigenvalue weighted by atomic mass is 10.1. The van der Waals surface area contributed by atoms with Crippen molar-refractivity contribution in [1.82, 2.24) is 10.5 Å². The van der Waals surface area contributed by atoms with Gasteiger partial charge in [-0.2, -0.15) is 0 Å². The molecule has 0 fully saturated rings. The minimum absolute atomic E-state index is 0.257. The van der Waals surface area contributed by atoms with Gasteiger partial charge in [0.05, 0.1) is 5.69 Å². The molecule has 6 nitrogen and oxygen atoms in total. The van der Waals surface area contributed by atoms with Crippen LogP contribution in [0.25, 0.3) is 0 Å². The van der Waals surface area contributed by atoms with Crippen LogP contribution in [0.2, 0.25) is 5.02 Å². The van der Waals surface area contributed by atoms with Gasteiger partial charge >= 0.3 is 5.97 Å². The fraction of sp³-hybridized carbons (Fsp3) is 0.353. The number of benzene rings is 1. The number of aromatic nitrogens is 1. The Bertz CT molecular complexity index is 742. The Hall–Kier alpha value is -2.34. The van der Waals surface area contributed by atoms with E-state index in [1.807, 2.05) is 25.1 Å². The van der Waals surface area contributed by atoms with Gasteiger partial charge in [-0.05, 0) is 31.9 Å². The molecule has 1 N–H and O–H groups in total. The molecule has 0 aliphatic heterocycles. The van der Waals surface area contributed by atoms with Gasteiger partial charge in [-0.1, -0.05) is 41.9 Å². The molecule has 1 unspecified atom stereocenters. The first-order valence-electron chi connectivity index (χ1n) is 7.61. The van der Waals surface area contributed by atoms with E-state index in [9.17, 15) is 9.59 Å². The number of nitrogens with zero attached hydrogens (tertiary/aromatic N) is 1. The highest BCUT2D eigenvalue weighted by Gasteiger charge is 2.25. The summed E-state index contributed by atoms with van der Waals surface area (Å²) in [6.45, 7) is 5.25. The van der Waals surface area contributed by atoms with Crippen LogP contribution in [0.5, 0.6) is 0 Å². The Balaban J connectivity index is 1.95. The van der Waals surface area contributed by atoms with Crippen LogP contribution in [0.4, 0.5) is 0 Å². The van der Waals surface area contributed by atoms with Crippen molar-refractivity contribution in [3.05, 3.63) is 51.9 Å². The molecular weight excluding hydrogens is 332 g/mol. The van der Waals surface area contributed by atoms with Crippen molar-refractivity contribution in [1.29, 1.82) is 0 Å². The van der Waals surface area contributed by atoms with Gasteiger partial charge in [0.2, 0.25) is 0 Å². The van der Waals surface area contributed by atoms with E-state index in [0.29, 0.717) is 22.9 Å². The Labute approximate surface area is 145 Å². The van der Waals surface area contributed by atoms with Crippen LogP contribution in [0.1, 0.15) is 41.2 Å². The van der Waals surface area contributed by atoms with Crippen molar-refractivity contribution in [2.75, 3.05) is 0 Å². The maximum absolute atomic E-state index is 12.2. The van der Waals surface area contributed by atoms with Crippen molar-refractivity contribution in [3.63, 3.8) is 0 Å². The van der Waals surface area contributed by atoms with E-state index in [1.54, 1.807) is 13.0 Å². The van der Waals surface area contributed by atoms with Crippen LogP contribution in [-0.4, -0.2) is 23.1 Å². The summed E-state index contributed by atoms with van der Waals surface area (Å²) in [5, 5.41) is 7.06. The molecular formula is C17H19ClN2O4. The number of ether oxygens (including phenoxy) is 1. The molecule has 1 aromatic heterocycles. The SMILES string of the molecule is CCc1noc(C)c1C(=O)OC(C)C(=O)NCc1ccccc1Cl. The van der Waals surface area contributed by atoms with E-state index in [-0.39, 0.29) is 12.1 Å². The summed E-state index contributed by atoms with van der Waals surface area (Å²) in [6.07, 6.45) is -0.409. The zero-order valence-electron chi connectivity index (χ0n) is 13.8. The average Bonchev–Trinajstić information content (AvgIpc) is 2.94. The minimum atomic E-state index is -0.945. The molecule has 1 atom stereocenters. The Morgan fingerprint density at radius 1 is 1.38 bits per heavy atom. The summed E-state index contributed by atoms with van der Waals surface area (Å²) >= 11 is 6.04. The molecule has 0 aliphatic rings. The van der Waals surface area contributed by atoms with Gasteiger partial charge in [0.15, 0.2) is 6.10 Å². The normalized spacial score (nSPS) is 11.8. The third kappa shape index (κ3) is 4.14. The minimum Gasteiger partial charge on any atom is -0.449 e. The smallest absolute Gasteiger partial charge is 0.344 e. The van der Waals surface area contributed by atoms with Gasteiger partial charge in [0.25, 0.3) is 5.91 Å². The third-order valence-electron chi connectivity index (χ3n) is 3.54. The average molecular weight is 351 g/mol. The Morgan fingerprint density at radius 2 is 2.08 bits per heavy atom. The molecule has 0 radical (unpaired) electrons. The van der Waals surface area contributed by atoms with Crippen LogP contribution in [0.15, 0.2) is 28.8 Å². The highest BCUT2D eigenvalue weighted by Crippen LogP contribution is 2.17. The number of amides is 1. The summed E-state index contributed by atoms with van der Waals surface area (Å²) < 4.78 is 10.2. The monoisotopic (exact) mass is 350 g/mol. The molecule has 24 heavy (non-hydrogen) atoms. The van der Waals surface area contributed by atoms with E-state index in [0.717, 1.165) is 5.56 Å². The number of nitrogens with one attached hydrogen (secondary N) is 1. The largest absolute Gasteiger partial charge is 0.449 e. The second-order valence-electron chi connectivity index (χ2n) is 5.27. The van der Waals surface area contributed by atoms with Crippen LogP contribution >= 0.6 is 11.6 Å².